The smallest absolute Gasteiger partial charge is 0.163 e. The van der Waals surface area contributed by atoms with Gasteiger partial charge in [0.1, 0.15) is 5.82 Å². The van der Waals surface area contributed by atoms with Crippen molar-refractivity contribution in [1.82, 2.24) is 19.5 Å². The van der Waals surface area contributed by atoms with Crippen molar-refractivity contribution in [2.75, 3.05) is 0 Å². The third kappa shape index (κ3) is 3.87. The number of aromatic nitrogens is 4. The summed E-state index contributed by atoms with van der Waals surface area (Å²) < 4.78 is 2.49. The standard InChI is InChI=1S/C47H30N4/c1-3-15-30(16-4-1)45-48-42(49-46(50-45)31-17-5-2-6-18-31)29-32-19-13-22-35-33-20-7-9-24-37(33)47(43(32)35)38-25-10-12-28-41(38)51-40-27-11-8-21-34(40)36-23-14-26-39(47)44(36)51/h1-28H,29H2. The van der Waals surface area contributed by atoms with Gasteiger partial charge in [-0.25, -0.2) is 15.0 Å². The van der Waals surface area contributed by atoms with Gasteiger partial charge in [0.25, 0.3) is 0 Å². The number of hydrogen-bond acceptors (Lipinski definition) is 3. The Balaban J connectivity index is 1.22. The summed E-state index contributed by atoms with van der Waals surface area (Å²) >= 11 is 0. The van der Waals surface area contributed by atoms with E-state index in [1.54, 1.807) is 0 Å². The van der Waals surface area contributed by atoms with Gasteiger partial charge in [0.05, 0.1) is 22.1 Å². The highest BCUT2D eigenvalue weighted by molar-refractivity contribution is 6.12. The first-order valence-corrected chi connectivity index (χ1v) is 17.5. The molecule has 0 radical (unpaired) electrons. The van der Waals surface area contributed by atoms with Crippen molar-refractivity contribution in [2.24, 2.45) is 0 Å². The highest BCUT2D eigenvalue weighted by Gasteiger charge is 2.51. The predicted molar refractivity (Wildman–Crippen MR) is 205 cm³/mol. The fourth-order valence-corrected chi connectivity index (χ4v) is 8.96. The molecular formula is C47H30N4. The van der Waals surface area contributed by atoms with E-state index in [2.05, 4.69) is 138 Å². The zero-order chi connectivity index (χ0) is 33.5. The molecule has 1 atom stereocenters. The third-order valence-electron chi connectivity index (χ3n) is 10.9. The van der Waals surface area contributed by atoms with Gasteiger partial charge >= 0.3 is 0 Å². The van der Waals surface area contributed by atoms with Crippen LogP contribution in [0.5, 0.6) is 0 Å². The second kappa shape index (κ2) is 10.7. The van der Waals surface area contributed by atoms with Crippen molar-refractivity contribution in [3.63, 3.8) is 0 Å². The highest BCUT2D eigenvalue weighted by Crippen LogP contribution is 2.61. The van der Waals surface area contributed by atoms with Crippen LogP contribution in [0.1, 0.15) is 33.6 Å². The Morgan fingerprint density at radius 3 is 1.82 bits per heavy atom. The number of hydrogen-bond donors (Lipinski definition) is 0. The fraction of sp³-hybridized carbons (Fsp3) is 0.0426. The number of rotatable bonds is 4. The average Bonchev–Trinajstić information content (AvgIpc) is 3.70. The summed E-state index contributed by atoms with van der Waals surface area (Å²) in [4.78, 5) is 15.3. The van der Waals surface area contributed by atoms with Crippen molar-refractivity contribution in [2.45, 2.75) is 11.8 Å². The molecule has 1 spiro atoms. The van der Waals surface area contributed by atoms with Crippen LogP contribution in [-0.4, -0.2) is 19.5 Å². The van der Waals surface area contributed by atoms with E-state index in [0.717, 1.165) is 17.0 Å². The lowest BCUT2D eigenvalue weighted by Crippen LogP contribution is -2.34. The lowest BCUT2D eigenvalue weighted by Gasteiger charge is -2.40. The number of benzene rings is 7. The molecule has 1 aliphatic heterocycles. The molecular weight excluding hydrogens is 621 g/mol. The maximum atomic E-state index is 5.15. The van der Waals surface area contributed by atoms with E-state index in [1.165, 1.54) is 66.4 Å². The minimum Gasteiger partial charge on any atom is -0.309 e. The minimum atomic E-state index is -0.541. The van der Waals surface area contributed by atoms with E-state index in [9.17, 15) is 0 Å². The molecule has 0 saturated carbocycles. The predicted octanol–water partition coefficient (Wildman–Crippen LogP) is 10.6. The molecule has 0 amide bonds. The number of fused-ring (bicyclic) bond motifs is 12. The molecule has 1 unspecified atom stereocenters. The second-order valence-corrected chi connectivity index (χ2v) is 13.5. The van der Waals surface area contributed by atoms with Crippen molar-refractivity contribution in [1.29, 1.82) is 0 Å². The van der Waals surface area contributed by atoms with Crippen LogP contribution in [0.15, 0.2) is 170 Å². The Kier molecular flexibility index (Phi) is 5.90. The van der Waals surface area contributed by atoms with Crippen LogP contribution in [0, 0.1) is 0 Å². The summed E-state index contributed by atoms with van der Waals surface area (Å²) in [5.41, 5.74) is 14.1. The molecule has 11 rings (SSSR count). The zero-order valence-electron chi connectivity index (χ0n) is 27.7. The van der Waals surface area contributed by atoms with E-state index in [-0.39, 0.29) is 0 Å². The molecule has 2 aliphatic rings. The number of nitrogens with zero attached hydrogens (tertiary/aromatic N) is 4. The van der Waals surface area contributed by atoms with Gasteiger partial charge in [-0.1, -0.05) is 158 Å². The summed E-state index contributed by atoms with van der Waals surface area (Å²) in [5, 5.41) is 2.55. The SMILES string of the molecule is c1ccc(-c2nc(Cc3cccc4c3C3(c5ccccc5-4)c4ccccc4-n4c5ccccc5c5cccc3c54)nc(-c3ccccc3)n2)cc1. The first kappa shape index (κ1) is 28.2. The quantitative estimate of drug-likeness (QED) is 0.190. The molecule has 0 fully saturated rings. The van der Waals surface area contributed by atoms with Crippen LogP contribution in [0.2, 0.25) is 0 Å². The van der Waals surface area contributed by atoms with Crippen LogP contribution in [0.25, 0.3) is 61.4 Å². The molecule has 2 aromatic heterocycles. The van der Waals surface area contributed by atoms with Gasteiger partial charge in [0.15, 0.2) is 11.6 Å². The van der Waals surface area contributed by atoms with Crippen LogP contribution in [-0.2, 0) is 11.8 Å². The van der Waals surface area contributed by atoms with Crippen LogP contribution < -0.4 is 0 Å². The molecule has 7 aromatic carbocycles. The van der Waals surface area contributed by atoms with Crippen molar-refractivity contribution in [3.8, 4) is 39.6 Å². The lowest BCUT2D eigenvalue weighted by atomic mass is 9.64. The van der Waals surface area contributed by atoms with Crippen LogP contribution in [0.4, 0.5) is 0 Å². The van der Waals surface area contributed by atoms with Gasteiger partial charge in [-0.2, -0.15) is 0 Å². The van der Waals surface area contributed by atoms with E-state index in [0.29, 0.717) is 18.1 Å². The van der Waals surface area contributed by atoms with Gasteiger partial charge < -0.3 is 4.57 Å². The van der Waals surface area contributed by atoms with E-state index < -0.39 is 5.41 Å². The molecule has 0 N–H and O–H groups in total. The minimum absolute atomic E-state index is 0.541. The monoisotopic (exact) mass is 650 g/mol. The topological polar surface area (TPSA) is 43.6 Å². The van der Waals surface area contributed by atoms with E-state index in [1.807, 2.05) is 36.4 Å². The fourth-order valence-electron chi connectivity index (χ4n) is 8.96. The maximum absolute atomic E-state index is 5.15. The Bertz CT molecular complexity index is 2780. The van der Waals surface area contributed by atoms with Crippen LogP contribution in [0.3, 0.4) is 0 Å². The Morgan fingerprint density at radius 2 is 1.04 bits per heavy atom. The van der Waals surface area contributed by atoms with Crippen molar-refractivity contribution in [3.05, 3.63) is 203 Å². The van der Waals surface area contributed by atoms with Gasteiger partial charge in [0.2, 0.25) is 0 Å². The molecule has 4 nitrogen and oxygen atoms in total. The Labute approximate surface area is 295 Å². The first-order valence-electron chi connectivity index (χ1n) is 17.5. The normalized spacial score (nSPS) is 15.2. The zero-order valence-corrected chi connectivity index (χ0v) is 27.7. The summed E-state index contributed by atoms with van der Waals surface area (Å²) in [6.45, 7) is 0. The summed E-state index contributed by atoms with van der Waals surface area (Å²) in [6.07, 6.45) is 0.558. The second-order valence-electron chi connectivity index (χ2n) is 13.5. The van der Waals surface area contributed by atoms with E-state index in [4.69, 9.17) is 15.0 Å². The van der Waals surface area contributed by atoms with Crippen molar-refractivity contribution >= 4 is 21.8 Å². The largest absolute Gasteiger partial charge is 0.309 e. The maximum Gasteiger partial charge on any atom is 0.163 e. The van der Waals surface area contributed by atoms with Gasteiger partial charge in [-0.3, -0.25) is 0 Å². The third-order valence-corrected chi connectivity index (χ3v) is 10.9. The molecule has 238 valence electrons. The Hall–Kier alpha value is -6.65. The molecule has 9 aromatic rings. The summed E-state index contributed by atoms with van der Waals surface area (Å²) in [6, 6.07) is 61.0. The van der Waals surface area contributed by atoms with Gasteiger partial charge in [0, 0.05) is 28.3 Å². The first-order chi connectivity index (χ1) is 25.3. The average molecular weight is 651 g/mol. The van der Waals surface area contributed by atoms with Gasteiger partial charge in [-0.05, 0) is 51.1 Å². The highest BCUT2D eigenvalue weighted by atomic mass is 15.0. The van der Waals surface area contributed by atoms with E-state index >= 15 is 0 Å². The summed E-state index contributed by atoms with van der Waals surface area (Å²) in [7, 11) is 0. The summed E-state index contributed by atoms with van der Waals surface area (Å²) in [5.74, 6) is 2.11. The molecule has 0 bridgehead atoms. The van der Waals surface area contributed by atoms with Crippen molar-refractivity contribution < 1.29 is 0 Å². The molecule has 0 saturated heterocycles. The van der Waals surface area contributed by atoms with Crippen LogP contribution >= 0.6 is 0 Å². The number of para-hydroxylation sites is 3. The molecule has 51 heavy (non-hydrogen) atoms. The molecule has 3 heterocycles. The molecule has 1 aliphatic carbocycles. The lowest BCUT2D eigenvalue weighted by molar-refractivity contribution is 0.736. The molecule has 4 heteroatoms. The Morgan fingerprint density at radius 1 is 0.451 bits per heavy atom. The van der Waals surface area contributed by atoms with Gasteiger partial charge in [-0.15, -0.1) is 0 Å².